The van der Waals surface area contributed by atoms with Gasteiger partial charge in [0.05, 0.1) is 17.9 Å². The molecule has 0 aliphatic heterocycles. The van der Waals surface area contributed by atoms with E-state index in [2.05, 4.69) is 5.32 Å². The van der Waals surface area contributed by atoms with E-state index in [4.69, 9.17) is 4.42 Å². The summed E-state index contributed by atoms with van der Waals surface area (Å²) in [6.45, 7) is 2.01. The van der Waals surface area contributed by atoms with E-state index in [0.717, 1.165) is 12.1 Å². The third kappa shape index (κ3) is 3.39. The first kappa shape index (κ1) is 14.6. The maximum Gasteiger partial charge on any atom is 0.419 e. The number of halogens is 4. The Bertz CT molecular complexity index is 563. The Balaban J connectivity index is 2.07. The van der Waals surface area contributed by atoms with E-state index in [1.807, 2.05) is 6.92 Å². The normalized spacial score (nSPS) is 13.4. The smallest absolute Gasteiger partial charge is 0.419 e. The van der Waals surface area contributed by atoms with Crippen LogP contribution in [0.4, 0.5) is 17.6 Å². The molecule has 0 saturated heterocycles. The first-order valence-corrected chi connectivity index (χ1v) is 6.00. The van der Waals surface area contributed by atoms with Gasteiger partial charge in [-0.2, -0.15) is 13.2 Å². The van der Waals surface area contributed by atoms with Crippen LogP contribution in [0, 0.1) is 5.82 Å². The predicted molar refractivity (Wildman–Crippen MR) is 65.4 cm³/mol. The summed E-state index contributed by atoms with van der Waals surface area (Å²) in [5.41, 5.74) is -0.889. The molecule has 0 radical (unpaired) electrons. The fourth-order valence-electron chi connectivity index (χ4n) is 1.81. The van der Waals surface area contributed by atoms with Gasteiger partial charge in [0.15, 0.2) is 0 Å². The molecule has 0 amide bonds. The molecule has 0 aliphatic rings. The number of benzene rings is 1. The third-order valence-electron chi connectivity index (χ3n) is 2.92. The van der Waals surface area contributed by atoms with Crippen LogP contribution in [0.1, 0.15) is 29.9 Å². The van der Waals surface area contributed by atoms with Crippen LogP contribution >= 0.6 is 0 Å². The molecule has 0 aliphatic carbocycles. The number of hydrogen-bond donors (Lipinski definition) is 1. The standard InChI is InChI=1S/C14H13F4NO/c1-9(13-3-2-6-20-13)19-8-10-4-5-12(15)11(7-10)14(16,17)18/h2-7,9,19H,8H2,1H3/t9-/m0/s1. The fraction of sp³-hybridized carbons (Fsp3) is 0.286. The van der Waals surface area contributed by atoms with Crippen molar-refractivity contribution in [3.05, 3.63) is 59.3 Å². The van der Waals surface area contributed by atoms with Gasteiger partial charge in [-0.3, -0.25) is 0 Å². The number of nitrogens with one attached hydrogen (secondary N) is 1. The van der Waals surface area contributed by atoms with Gasteiger partial charge in [-0.25, -0.2) is 4.39 Å². The summed E-state index contributed by atoms with van der Waals surface area (Å²) in [4.78, 5) is 0. The first-order chi connectivity index (χ1) is 9.38. The molecule has 0 spiro atoms. The van der Waals surface area contributed by atoms with Gasteiger partial charge in [-0.05, 0) is 36.8 Å². The van der Waals surface area contributed by atoms with Crippen molar-refractivity contribution in [2.75, 3.05) is 0 Å². The zero-order valence-corrected chi connectivity index (χ0v) is 10.7. The average molecular weight is 287 g/mol. The van der Waals surface area contributed by atoms with Crippen LogP contribution in [0.5, 0.6) is 0 Å². The molecule has 0 unspecified atom stereocenters. The number of rotatable bonds is 4. The van der Waals surface area contributed by atoms with Crippen molar-refractivity contribution in [3.63, 3.8) is 0 Å². The van der Waals surface area contributed by atoms with Crippen LogP contribution in [0.2, 0.25) is 0 Å². The lowest BCUT2D eigenvalue weighted by atomic mass is 10.1. The van der Waals surface area contributed by atoms with Gasteiger partial charge in [0.1, 0.15) is 11.6 Å². The Morgan fingerprint density at radius 1 is 1.25 bits per heavy atom. The highest BCUT2D eigenvalue weighted by Crippen LogP contribution is 2.32. The lowest BCUT2D eigenvalue weighted by Gasteiger charge is -2.13. The quantitative estimate of drug-likeness (QED) is 0.849. The Kier molecular flexibility index (Phi) is 4.13. The molecule has 2 aromatic rings. The molecule has 108 valence electrons. The van der Waals surface area contributed by atoms with Crippen molar-refractivity contribution in [3.8, 4) is 0 Å². The molecule has 6 heteroatoms. The summed E-state index contributed by atoms with van der Waals surface area (Å²) in [6.07, 6.45) is -3.17. The Morgan fingerprint density at radius 2 is 2.00 bits per heavy atom. The van der Waals surface area contributed by atoms with Crippen LogP contribution in [-0.2, 0) is 12.7 Å². The molecule has 0 fully saturated rings. The number of furan rings is 1. The maximum absolute atomic E-state index is 13.1. The Hall–Kier alpha value is -1.82. The van der Waals surface area contributed by atoms with E-state index in [-0.39, 0.29) is 12.6 Å². The molecule has 0 bridgehead atoms. The minimum absolute atomic E-state index is 0.149. The van der Waals surface area contributed by atoms with Crippen molar-refractivity contribution < 1.29 is 22.0 Å². The van der Waals surface area contributed by atoms with Crippen molar-refractivity contribution >= 4 is 0 Å². The van der Waals surface area contributed by atoms with Crippen molar-refractivity contribution in [2.45, 2.75) is 25.7 Å². The van der Waals surface area contributed by atoms with Gasteiger partial charge in [0.25, 0.3) is 0 Å². The Morgan fingerprint density at radius 3 is 2.60 bits per heavy atom. The van der Waals surface area contributed by atoms with Crippen LogP contribution in [0.15, 0.2) is 41.0 Å². The monoisotopic (exact) mass is 287 g/mol. The summed E-state index contributed by atoms with van der Waals surface area (Å²) in [6, 6.07) is 6.32. The van der Waals surface area contributed by atoms with Crippen molar-refractivity contribution in [2.24, 2.45) is 0 Å². The number of hydrogen-bond acceptors (Lipinski definition) is 2. The van der Waals surface area contributed by atoms with Crippen LogP contribution in [0.25, 0.3) is 0 Å². The topological polar surface area (TPSA) is 25.2 Å². The highest BCUT2D eigenvalue weighted by molar-refractivity contribution is 5.27. The van der Waals surface area contributed by atoms with Gasteiger partial charge in [0, 0.05) is 6.54 Å². The van der Waals surface area contributed by atoms with Crippen LogP contribution in [0.3, 0.4) is 0 Å². The van der Waals surface area contributed by atoms with E-state index in [9.17, 15) is 17.6 Å². The lowest BCUT2D eigenvalue weighted by molar-refractivity contribution is -0.140. The second kappa shape index (κ2) is 5.66. The summed E-state index contributed by atoms with van der Waals surface area (Å²) in [7, 11) is 0. The molecule has 2 rings (SSSR count). The van der Waals surface area contributed by atoms with E-state index < -0.39 is 17.6 Å². The minimum atomic E-state index is -4.69. The summed E-state index contributed by atoms with van der Waals surface area (Å²) in [5, 5.41) is 3.02. The molecule has 2 nitrogen and oxygen atoms in total. The van der Waals surface area contributed by atoms with E-state index in [1.165, 1.54) is 12.3 Å². The SMILES string of the molecule is C[C@H](NCc1ccc(F)c(C(F)(F)F)c1)c1ccco1. The van der Waals surface area contributed by atoms with E-state index in [0.29, 0.717) is 11.3 Å². The zero-order valence-electron chi connectivity index (χ0n) is 10.7. The molecule has 1 N–H and O–H groups in total. The molecular formula is C14H13F4NO. The summed E-state index contributed by atoms with van der Waals surface area (Å²) in [5.74, 6) is -0.580. The summed E-state index contributed by atoms with van der Waals surface area (Å²) < 4.78 is 56.0. The van der Waals surface area contributed by atoms with Gasteiger partial charge in [-0.1, -0.05) is 6.07 Å². The van der Waals surface area contributed by atoms with Gasteiger partial charge >= 0.3 is 6.18 Å². The van der Waals surface area contributed by atoms with Crippen molar-refractivity contribution in [1.82, 2.24) is 5.32 Å². The third-order valence-corrected chi connectivity index (χ3v) is 2.92. The van der Waals surface area contributed by atoms with E-state index in [1.54, 1.807) is 12.1 Å². The lowest BCUT2D eigenvalue weighted by Crippen LogP contribution is -2.18. The highest BCUT2D eigenvalue weighted by Gasteiger charge is 2.34. The molecule has 1 aromatic heterocycles. The highest BCUT2D eigenvalue weighted by atomic mass is 19.4. The molecular weight excluding hydrogens is 274 g/mol. The zero-order chi connectivity index (χ0) is 14.8. The Labute approximate surface area is 113 Å². The van der Waals surface area contributed by atoms with Gasteiger partial charge < -0.3 is 9.73 Å². The minimum Gasteiger partial charge on any atom is -0.468 e. The largest absolute Gasteiger partial charge is 0.468 e. The first-order valence-electron chi connectivity index (χ1n) is 6.00. The van der Waals surface area contributed by atoms with Gasteiger partial charge in [0.2, 0.25) is 0 Å². The van der Waals surface area contributed by atoms with Crippen molar-refractivity contribution in [1.29, 1.82) is 0 Å². The van der Waals surface area contributed by atoms with Crippen LogP contribution in [-0.4, -0.2) is 0 Å². The number of alkyl halides is 3. The average Bonchev–Trinajstić information content (AvgIpc) is 2.90. The fourth-order valence-corrected chi connectivity index (χ4v) is 1.81. The molecule has 1 aromatic carbocycles. The van der Waals surface area contributed by atoms with Crippen LogP contribution < -0.4 is 5.32 Å². The van der Waals surface area contributed by atoms with Gasteiger partial charge in [-0.15, -0.1) is 0 Å². The van der Waals surface area contributed by atoms with E-state index >= 15 is 0 Å². The molecule has 20 heavy (non-hydrogen) atoms. The molecule has 1 heterocycles. The second-order valence-electron chi connectivity index (χ2n) is 4.43. The second-order valence-corrected chi connectivity index (χ2v) is 4.43. The predicted octanol–water partition coefficient (Wildman–Crippen LogP) is 4.29. The molecule has 0 saturated carbocycles. The summed E-state index contributed by atoms with van der Waals surface area (Å²) >= 11 is 0. The maximum atomic E-state index is 13.1. The molecule has 1 atom stereocenters.